The molecule has 1 saturated heterocycles. The lowest BCUT2D eigenvalue weighted by atomic mass is 9.92. The number of benzene rings is 2. The summed E-state index contributed by atoms with van der Waals surface area (Å²) >= 11 is 0. The van der Waals surface area contributed by atoms with Gasteiger partial charge in [0.05, 0.1) is 6.04 Å². The number of rotatable bonds is 5. The first kappa shape index (κ1) is 21.3. The summed E-state index contributed by atoms with van der Waals surface area (Å²) in [5.41, 5.74) is 1.68. The average Bonchev–Trinajstić information content (AvgIpc) is 3.30. The van der Waals surface area contributed by atoms with Crippen molar-refractivity contribution < 1.29 is 23.9 Å². The maximum Gasteiger partial charge on any atom is 0.325 e. The lowest BCUT2D eigenvalue weighted by Crippen LogP contribution is -2.44. The third kappa shape index (κ3) is 3.59. The zero-order valence-electron chi connectivity index (χ0n) is 18.7. The molecule has 0 aromatic heterocycles. The second-order valence-corrected chi connectivity index (χ2v) is 9.08. The second kappa shape index (κ2) is 8.10. The minimum atomic E-state index is -1.07. The van der Waals surface area contributed by atoms with Crippen molar-refractivity contribution in [3.63, 3.8) is 0 Å². The molecule has 5 rings (SSSR count). The highest BCUT2D eigenvalue weighted by molar-refractivity contribution is 6.09. The van der Waals surface area contributed by atoms with Crippen LogP contribution < -0.4 is 20.1 Å². The van der Waals surface area contributed by atoms with E-state index >= 15 is 0 Å². The molecule has 2 atom stereocenters. The van der Waals surface area contributed by atoms with Crippen LogP contribution in [0, 0.1) is 5.92 Å². The third-order valence-electron chi connectivity index (χ3n) is 6.63. The van der Waals surface area contributed by atoms with Crippen LogP contribution in [0.5, 0.6) is 11.5 Å². The zero-order valence-corrected chi connectivity index (χ0v) is 18.7. The number of imide groups is 1. The average molecular weight is 450 g/mol. The fourth-order valence-electron chi connectivity index (χ4n) is 4.98. The molecule has 4 amide bonds. The molecule has 0 unspecified atom stereocenters. The van der Waals surface area contributed by atoms with Crippen molar-refractivity contribution in [2.24, 2.45) is 5.92 Å². The third-order valence-corrected chi connectivity index (χ3v) is 6.63. The topological polar surface area (TPSA) is 97.0 Å². The lowest BCUT2D eigenvalue weighted by molar-refractivity contribution is -0.135. The molecule has 0 bridgehead atoms. The van der Waals surface area contributed by atoms with Gasteiger partial charge in [-0.15, -0.1) is 0 Å². The fraction of sp³-hybridized carbons (Fsp3) is 0.400. The maximum absolute atomic E-state index is 13.3. The Hall–Kier alpha value is -3.55. The van der Waals surface area contributed by atoms with Crippen LogP contribution >= 0.6 is 0 Å². The number of ether oxygens (including phenoxy) is 2. The molecule has 1 fully saturated rings. The Bertz CT molecular complexity index is 1130. The Morgan fingerprint density at radius 2 is 1.88 bits per heavy atom. The van der Waals surface area contributed by atoms with E-state index in [-0.39, 0.29) is 24.4 Å². The minimum Gasteiger partial charge on any atom is -0.486 e. The van der Waals surface area contributed by atoms with Crippen molar-refractivity contribution >= 4 is 17.8 Å². The van der Waals surface area contributed by atoms with Gasteiger partial charge in [0.15, 0.2) is 11.5 Å². The molecule has 3 aliphatic rings. The number of aryl methyl sites for hydroxylation is 1. The first-order chi connectivity index (χ1) is 15.9. The summed E-state index contributed by atoms with van der Waals surface area (Å²) in [6, 6.07) is 12.4. The zero-order chi connectivity index (χ0) is 23.2. The SMILES string of the molecule is CC(C)[C@H](NC(=O)CN1C(=O)N[C@@]2(CCc3ccccc32)C1=O)c1ccc2c(c1)OCCO2. The second-order valence-electron chi connectivity index (χ2n) is 9.08. The Labute approximate surface area is 192 Å². The van der Waals surface area contributed by atoms with Gasteiger partial charge in [-0.25, -0.2) is 4.79 Å². The van der Waals surface area contributed by atoms with E-state index in [9.17, 15) is 14.4 Å². The van der Waals surface area contributed by atoms with Gasteiger partial charge in [0.25, 0.3) is 5.91 Å². The Morgan fingerprint density at radius 3 is 2.67 bits per heavy atom. The summed E-state index contributed by atoms with van der Waals surface area (Å²) in [5, 5.41) is 5.86. The predicted molar refractivity (Wildman–Crippen MR) is 120 cm³/mol. The van der Waals surface area contributed by atoms with Crippen molar-refractivity contribution in [1.82, 2.24) is 15.5 Å². The molecule has 1 aliphatic carbocycles. The number of nitrogens with zero attached hydrogens (tertiary/aromatic N) is 1. The van der Waals surface area contributed by atoms with Crippen molar-refractivity contribution in [2.75, 3.05) is 19.8 Å². The van der Waals surface area contributed by atoms with E-state index in [0.29, 0.717) is 37.6 Å². The molecular weight excluding hydrogens is 422 g/mol. The molecule has 2 N–H and O–H groups in total. The summed E-state index contributed by atoms with van der Waals surface area (Å²) in [7, 11) is 0. The summed E-state index contributed by atoms with van der Waals surface area (Å²) in [4.78, 5) is 40.0. The standard InChI is InChI=1S/C25H27N3O5/c1-15(2)22(17-7-8-19-20(13-17)33-12-11-32-19)26-21(29)14-28-23(30)25(27-24(28)31)10-9-16-5-3-4-6-18(16)25/h3-8,13,15,22H,9-12,14H2,1-2H3,(H,26,29)(H,27,31)/t22-,25+/m0/s1. The number of hydrogen-bond acceptors (Lipinski definition) is 5. The molecule has 2 aromatic rings. The number of carbonyl (C=O) groups excluding carboxylic acids is 3. The smallest absolute Gasteiger partial charge is 0.325 e. The predicted octanol–water partition coefficient (Wildman–Crippen LogP) is 2.66. The highest BCUT2D eigenvalue weighted by Gasteiger charge is 2.55. The Kier molecular flexibility index (Phi) is 5.23. The van der Waals surface area contributed by atoms with Crippen LogP contribution in [0.25, 0.3) is 0 Å². The van der Waals surface area contributed by atoms with Gasteiger partial charge in [0.2, 0.25) is 5.91 Å². The van der Waals surface area contributed by atoms with Gasteiger partial charge in [-0.05, 0) is 47.6 Å². The van der Waals surface area contributed by atoms with Crippen molar-refractivity contribution in [2.45, 2.75) is 38.3 Å². The maximum atomic E-state index is 13.3. The summed E-state index contributed by atoms with van der Waals surface area (Å²) in [5.74, 6) is 0.644. The van der Waals surface area contributed by atoms with Gasteiger partial charge in [-0.1, -0.05) is 44.2 Å². The van der Waals surface area contributed by atoms with Crippen molar-refractivity contribution in [1.29, 1.82) is 0 Å². The van der Waals surface area contributed by atoms with E-state index in [2.05, 4.69) is 10.6 Å². The van der Waals surface area contributed by atoms with Gasteiger partial charge in [-0.3, -0.25) is 14.5 Å². The lowest BCUT2D eigenvalue weighted by Gasteiger charge is -2.26. The van der Waals surface area contributed by atoms with E-state index in [1.165, 1.54) is 0 Å². The summed E-state index contributed by atoms with van der Waals surface area (Å²) < 4.78 is 11.3. The van der Waals surface area contributed by atoms with Gasteiger partial charge in [0, 0.05) is 0 Å². The number of urea groups is 1. The van der Waals surface area contributed by atoms with Crippen LogP contribution in [-0.2, 0) is 21.5 Å². The molecule has 0 radical (unpaired) electrons. The van der Waals surface area contributed by atoms with Gasteiger partial charge >= 0.3 is 6.03 Å². The molecule has 0 saturated carbocycles. The number of hydrogen-bond donors (Lipinski definition) is 2. The van der Waals surface area contributed by atoms with Gasteiger partial charge in [-0.2, -0.15) is 0 Å². The monoisotopic (exact) mass is 449 g/mol. The normalized spacial score (nSPS) is 21.8. The van der Waals surface area contributed by atoms with E-state index in [0.717, 1.165) is 21.6 Å². The van der Waals surface area contributed by atoms with E-state index in [1.807, 2.05) is 56.3 Å². The molecule has 2 aromatic carbocycles. The van der Waals surface area contributed by atoms with Crippen LogP contribution in [0.1, 0.15) is 43.0 Å². The molecular formula is C25H27N3O5. The first-order valence-corrected chi connectivity index (χ1v) is 11.3. The minimum absolute atomic E-state index is 0.0765. The molecule has 33 heavy (non-hydrogen) atoms. The number of fused-ring (bicyclic) bond motifs is 3. The summed E-state index contributed by atoms with van der Waals surface area (Å²) in [6.45, 7) is 4.66. The fourth-order valence-corrected chi connectivity index (χ4v) is 4.98. The summed E-state index contributed by atoms with van der Waals surface area (Å²) in [6.07, 6.45) is 1.21. The molecule has 1 spiro atoms. The van der Waals surface area contributed by atoms with Crippen LogP contribution in [0.15, 0.2) is 42.5 Å². The first-order valence-electron chi connectivity index (χ1n) is 11.3. The number of amides is 4. The molecule has 2 aliphatic heterocycles. The van der Waals surface area contributed by atoms with Crippen LogP contribution in [0.3, 0.4) is 0 Å². The van der Waals surface area contributed by atoms with E-state index < -0.39 is 17.5 Å². The van der Waals surface area contributed by atoms with Crippen LogP contribution in [-0.4, -0.2) is 42.5 Å². The Balaban J connectivity index is 1.32. The van der Waals surface area contributed by atoms with E-state index in [1.54, 1.807) is 0 Å². The van der Waals surface area contributed by atoms with Crippen LogP contribution in [0.2, 0.25) is 0 Å². The molecule has 8 nitrogen and oxygen atoms in total. The Morgan fingerprint density at radius 1 is 1.12 bits per heavy atom. The molecule has 8 heteroatoms. The van der Waals surface area contributed by atoms with Crippen LogP contribution in [0.4, 0.5) is 4.79 Å². The van der Waals surface area contributed by atoms with Gasteiger partial charge in [0.1, 0.15) is 25.3 Å². The quantitative estimate of drug-likeness (QED) is 0.684. The highest BCUT2D eigenvalue weighted by Crippen LogP contribution is 2.41. The van der Waals surface area contributed by atoms with E-state index in [4.69, 9.17) is 9.47 Å². The molecule has 172 valence electrons. The largest absolute Gasteiger partial charge is 0.486 e. The number of nitrogens with one attached hydrogen (secondary N) is 2. The van der Waals surface area contributed by atoms with Crippen molar-refractivity contribution in [3.05, 3.63) is 59.2 Å². The number of carbonyl (C=O) groups is 3. The molecule has 2 heterocycles. The highest BCUT2D eigenvalue weighted by atomic mass is 16.6. The van der Waals surface area contributed by atoms with Gasteiger partial charge < -0.3 is 20.1 Å². The van der Waals surface area contributed by atoms with Crippen molar-refractivity contribution in [3.8, 4) is 11.5 Å².